The topological polar surface area (TPSA) is 88.1 Å². The molecule has 1 heterocycles. The Kier molecular flexibility index (Phi) is 3.37. The van der Waals surface area contributed by atoms with Crippen LogP contribution in [0.25, 0.3) is 0 Å². The number of aldehydes is 1. The first-order valence-electron chi connectivity index (χ1n) is 5.23. The summed E-state index contributed by atoms with van der Waals surface area (Å²) in [5.41, 5.74) is 0.116. The molecule has 1 aromatic carbocycles. The highest BCUT2D eigenvalue weighted by molar-refractivity contribution is 5.99. The van der Waals surface area contributed by atoms with Gasteiger partial charge in [-0.05, 0) is 12.1 Å². The highest BCUT2D eigenvalue weighted by atomic mass is 16.7. The average Bonchev–Trinajstić information content (AvgIpc) is 2.86. The average molecular weight is 266 g/mol. The number of ether oxygens (including phenoxy) is 4. The van der Waals surface area contributed by atoms with E-state index >= 15 is 0 Å². The van der Waals surface area contributed by atoms with Gasteiger partial charge in [-0.1, -0.05) is 0 Å². The van der Waals surface area contributed by atoms with Gasteiger partial charge in [0.15, 0.2) is 17.8 Å². The fourth-order valence-electron chi connectivity index (χ4n) is 1.59. The predicted octanol–water partition coefficient (Wildman–Crippen LogP) is 0.556. The van der Waals surface area contributed by atoms with E-state index in [-0.39, 0.29) is 22.6 Å². The van der Waals surface area contributed by atoms with Crippen LogP contribution in [0.2, 0.25) is 0 Å². The van der Waals surface area contributed by atoms with Crippen molar-refractivity contribution in [2.45, 2.75) is 6.29 Å². The van der Waals surface area contributed by atoms with Crippen LogP contribution < -0.4 is 9.47 Å². The third-order valence-corrected chi connectivity index (χ3v) is 2.51. The normalized spacial score (nSPS) is 15.8. The Balaban J connectivity index is 2.38. The molecule has 0 saturated carbocycles. The summed E-state index contributed by atoms with van der Waals surface area (Å²) < 4.78 is 19.4. The maximum atomic E-state index is 11.5. The summed E-state index contributed by atoms with van der Waals surface area (Å²) in [6.07, 6.45) is -0.756. The Bertz CT molecular complexity index is 549. The number of hydrogen-bond donors (Lipinski definition) is 0. The SMILES string of the molecule is COC(=O)c1cc2c(cc1C=O)OC(C(=O)OC)O2. The molecule has 0 N–H and O–H groups in total. The first kappa shape index (κ1) is 12.9. The first-order chi connectivity index (χ1) is 9.10. The van der Waals surface area contributed by atoms with Crippen molar-refractivity contribution in [3.05, 3.63) is 23.3 Å². The lowest BCUT2D eigenvalue weighted by atomic mass is 10.1. The number of esters is 2. The second-order valence-corrected chi connectivity index (χ2v) is 3.59. The van der Waals surface area contributed by atoms with E-state index in [0.29, 0.717) is 6.29 Å². The van der Waals surface area contributed by atoms with Gasteiger partial charge in [0.05, 0.1) is 19.8 Å². The summed E-state index contributed by atoms with van der Waals surface area (Å²) in [5.74, 6) is -1.05. The van der Waals surface area contributed by atoms with Crippen LogP contribution in [0.15, 0.2) is 12.1 Å². The molecule has 0 aromatic heterocycles. The third kappa shape index (κ3) is 2.22. The minimum absolute atomic E-state index is 0.0327. The third-order valence-electron chi connectivity index (χ3n) is 2.51. The Labute approximate surface area is 108 Å². The van der Waals surface area contributed by atoms with Crippen LogP contribution in [0.4, 0.5) is 0 Å². The number of carbonyl (C=O) groups excluding carboxylic acids is 3. The lowest BCUT2D eigenvalue weighted by Crippen LogP contribution is -2.30. The Hall–Kier alpha value is -2.57. The number of fused-ring (bicyclic) bond motifs is 1. The molecule has 0 fully saturated rings. The van der Waals surface area contributed by atoms with Crippen LogP contribution in [0, 0.1) is 0 Å². The van der Waals surface area contributed by atoms with E-state index in [9.17, 15) is 14.4 Å². The minimum Gasteiger partial charge on any atom is -0.465 e. The van der Waals surface area contributed by atoms with Crippen molar-refractivity contribution in [1.29, 1.82) is 0 Å². The van der Waals surface area contributed by atoms with E-state index in [1.807, 2.05) is 0 Å². The molecule has 0 radical (unpaired) electrons. The number of rotatable bonds is 3. The van der Waals surface area contributed by atoms with Crippen LogP contribution in [0.1, 0.15) is 20.7 Å². The van der Waals surface area contributed by atoms with Crippen molar-refractivity contribution in [1.82, 2.24) is 0 Å². The molecule has 1 unspecified atom stereocenters. The molecule has 0 amide bonds. The maximum Gasteiger partial charge on any atom is 0.389 e. The number of hydrogen-bond acceptors (Lipinski definition) is 7. The molecular formula is C12H10O7. The van der Waals surface area contributed by atoms with Crippen molar-refractivity contribution in [3.63, 3.8) is 0 Å². The molecule has 1 aliphatic heterocycles. The zero-order chi connectivity index (χ0) is 14.0. The van der Waals surface area contributed by atoms with E-state index in [4.69, 9.17) is 9.47 Å². The summed E-state index contributed by atoms with van der Waals surface area (Å²) in [6, 6.07) is 2.59. The van der Waals surface area contributed by atoms with Crippen molar-refractivity contribution < 1.29 is 33.3 Å². The van der Waals surface area contributed by atoms with Crippen LogP contribution in [0.5, 0.6) is 11.5 Å². The standard InChI is InChI=1S/C12H10O7/c1-16-10(14)7-4-9-8(3-6(7)5-13)18-12(19-9)11(15)17-2/h3-5,12H,1-2H3. The summed E-state index contributed by atoms with van der Waals surface area (Å²) >= 11 is 0. The molecule has 7 heteroatoms. The van der Waals surface area contributed by atoms with Gasteiger partial charge in [-0.25, -0.2) is 9.59 Å². The molecular weight excluding hydrogens is 256 g/mol. The molecule has 100 valence electrons. The molecule has 1 atom stereocenters. The fraction of sp³-hybridized carbons (Fsp3) is 0.250. The second-order valence-electron chi connectivity index (χ2n) is 3.59. The van der Waals surface area contributed by atoms with E-state index in [0.717, 1.165) is 0 Å². The van der Waals surface area contributed by atoms with Crippen molar-refractivity contribution in [3.8, 4) is 11.5 Å². The van der Waals surface area contributed by atoms with Crippen LogP contribution >= 0.6 is 0 Å². The lowest BCUT2D eigenvalue weighted by Gasteiger charge is -2.05. The van der Waals surface area contributed by atoms with E-state index < -0.39 is 18.2 Å². The number of benzene rings is 1. The van der Waals surface area contributed by atoms with E-state index in [1.165, 1.54) is 26.4 Å². The summed E-state index contributed by atoms with van der Waals surface area (Å²) in [5, 5.41) is 0. The number of methoxy groups -OCH3 is 2. The van der Waals surface area contributed by atoms with Crippen LogP contribution in [-0.2, 0) is 14.3 Å². The molecule has 0 aliphatic carbocycles. The maximum absolute atomic E-state index is 11.5. The largest absolute Gasteiger partial charge is 0.465 e. The van der Waals surface area contributed by atoms with Gasteiger partial charge in [0.25, 0.3) is 0 Å². The number of carbonyl (C=O) groups is 3. The van der Waals surface area contributed by atoms with Gasteiger partial charge in [0.1, 0.15) is 0 Å². The van der Waals surface area contributed by atoms with Crippen molar-refractivity contribution in [2.24, 2.45) is 0 Å². The highest BCUT2D eigenvalue weighted by Crippen LogP contribution is 2.37. The quantitative estimate of drug-likeness (QED) is 0.583. The van der Waals surface area contributed by atoms with Crippen LogP contribution in [-0.4, -0.2) is 38.7 Å². The molecule has 2 rings (SSSR count). The predicted molar refractivity (Wildman–Crippen MR) is 60.2 cm³/mol. The molecule has 7 nitrogen and oxygen atoms in total. The molecule has 1 aliphatic rings. The fourth-order valence-corrected chi connectivity index (χ4v) is 1.59. The summed E-state index contributed by atoms with van der Waals surface area (Å²) in [7, 11) is 2.38. The molecule has 1 aromatic rings. The lowest BCUT2D eigenvalue weighted by molar-refractivity contribution is -0.158. The molecule has 0 bridgehead atoms. The first-order valence-corrected chi connectivity index (χ1v) is 5.23. The Morgan fingerprint density at radius 3 is 2.32 bits per heavy atom. The Morgan fingerprint density at radius 2 is 1.79 bits per heavy atom. The molecule has 19 heavy (non-hydrogen) atoms. The van der Waals surface area contributed by atoms with E-state index in [2.05, 4.69) is 9.47 Å². The van der Waals surface area contributed by atoms with Gasteiger partial charge < -0.3 is 18.9 Å². The van der Waals surface area contributed by atoms with Gasteiger partial charge in [0, 0.05) is 5.56 Å². The van der Waals surface area contributed by atoms with Gasteiger partial charge >= 0.3 is 18.2 Å². The smallest absolute Gasteiger partial charge is 0.389 e. The summed E-state index contributed by atoms with van der Waals surface area (Å²) in [4.78, 5) is 33.7. The zero-order valence-corrected chi connectivity index (χ0v) is 10.2. The monoisotopic (exact) mass is 266 g/mol. The summed E-state index contributed by atoms with van der Waals surface area (Å²) in [6.45, 7) is 0. The van der Waals surface area contributed by atoms with Gasteiger partial charge in [0.2, 0.25) is 0 Å². The van der Waals surface area contributed by atoms with Gasteiger partial charge in [-0.3, -0.25) is 4.79 Å². The molecule has 0 spiro atoms. The minimum atomic E-state index is -1.24. The van der Waals surface area contributed by atoms with Crippen LogP contribution in [0.3, 0.4) is 0 Å². The molecule has 0 saturated heterocycles. The van der Waals surface area contributed by atoms with Crippen molar-refractivity contribution in [2.75, 3.05) is 14.2 Å². The van der Waals surface area contributed by atoms with E-state index in [1.54, 1.807) is 0 Å². The van der Waals surface area contributed by atoms with Gasteiger partial charge in [-0.2, -0.15) is 0 Å². The second kappa shape index (κ2) is 4.97. The highest BCUT2D eigenvalue weighted by Gasteiger charge is 2.33. The Morgan fingerprint density at radius 1 is 1.16 bits per heavy atom. The zero-order valence-electron chi connectivity index (χ0n) is 10.2. The van der Waals surface area contributed by atoms with Crippen molar-refractivity contribution >= 4 is 18.2 Å². The van der Waals surface area contributed by atoms with Gasteiger partial charge in [-0.15, -0.1) is 0 Å².